The van der Waals surface area contributed by atoms with E-state index in [2.05, 4.69) is 9.97 Å². The fourth-order valence-electron chi connectivity index (χ4n) is 2.60. The first-order chi connectivity index (χ1) is 12.0. The largest absolute Gasteiger partial charge is 0.477 e. The van der Waals surface area contributed by atoms with Gasteiger partial charge in [-0.05, 0) is 41.5 Å². The first kappa shape index (κ1) is 16.4. The number of aromatic carboxylic acids is 1. The van der Waals surface area contributed by atoms with Crippen molar-refractivity contribution in [1.29, 1.82) is 0 Å². The highest BCUT2D eigenvalue weighted by Gasteiger charge is 2.16. The van der Waals surface area contributed by atoms with E-state index in [0.29, 0.717) is 11.3 Å². The quantitative estimate of drug-likeness (QED) is 0.765. The van der Waals surface area contributed by atoms with Crippen molar-refractivity contribution in [2.75, 3.05) is 19.0 Å². The van der Waals surface area contributed by atoms with Gasteiger partial charge in [0.1, 0.15) is 5.56 Å². The Hall–Kier alpha value is -3.41. The molecule has 0 aliphatic rings. The van der Waals surface area contributed by atoms with E-state index in [4.69, 9.17) is 0 Å². The minimum Gasteiger partial charge on any atom is -0.477 e. The zero-order valence-electron chi connectivity index (χ0n) is 13.9. The molecule has 6 heteroatoms. The van der Waals surface area contributed by atoms with Crippen molar-refractivity contribution < 1.29 is 9.90 Å². The fraction of sp³-hybridized carbons (Fsp3) is 0.105. The van der Waals surface area contributed by atoms with Crippen LogP contribution in [0.1, 0.15) is 10.4 Å². The van der Waals surface area contributed by atoms with Crippen LogP contribution in [0.2, 0.25) is 0 Å². The van der Waals surface area contributed by atoms with Crippen molar-refractivity contribution >= 4 is 11.7 Å². The van der Waals surface area contributed by atoms with Crippen LogP contribution >= 0.6 is 0 Å². The van der Waals surface area contributed by atoms with Gasteiger partial charge in [-0.25, -0.2) is 4.79 Å². The summed E-state index contributed by atoms with van der Waals surface area (Å²) >= 11 is 0. The summed E-state index contributed by atoms with van der Waals surface area (Å²) in [5, 5.41) is 9.26. The van der Waals surface area contributed by atoms with Gasteiger partial charge in [0.2, 0.25) is 0 Å². The molecule has 0 aliphatic heterocycles. The average molecular weight is 335 g/mol. The molecule has 2 N–H and O–H groups in total. The average Bonchev–Trinajstić information content (AvgIpc) is 2.62. The number of nitrogens with zero attached hydrogens (tertiary/aromatic N) is 2. The maximum atomic E-state index is 12.2. The Morgan fingerprint density at radius 3 is 2.24 bits per heavy atom. The maximum absolute atomic E-state index is 12.2. The highest BCUT2D eigenvalue weighted by molar-refractivity contribution is 5.91. The van der Waals surface area contributed by atoms with E-state index in [1.807, 2.05) is 43.3 Å². The molecular weight excluding hydrogens is 318 g/mol. The van der Waals surface area contributed by atoms with Crippen LogP contribution in [-0.4, -0.2) is 35.1 Å². The summed E-state index contributed by atoms with van der Waals surface area (Å²) in [4.78, 5) is 32.2. The normalized spacial score (nSPS) is 10.5. The van der Waals surface area contributed by atoms with Crippen LogP contribution in [0, 0.1) is 0 Å². The zero-order valence-corrected chi connectivity index (χ0v) is 13.9. The molecule has 3 aromatic rings. The Kier molecular flexibility index (Phi) is 4.35. The van der Waals surface area contributed by atoms with Gasteiger partial charge in [0.15, 0.2) is 0 Å². The number of carboxylic acids is 1. The first-order valence-corrected chi connectivity index (χ1v) is 7.66. The number of aromatic amines is 1. The molecule has 0 saturated heterocycles. The van der Waals surface area contributed by atoms with E-state index in [1.165, 1.54) is 6.07 Å². The van der Waals surface area contributed by atoms with Crippen LogP contribution < -0.4 is 10.5 Å². The van der Waals surface area contributed by atoms with Crippen molar-refractivity contribution in [3.8, 4) is 22.4 Å². The molecule has 0 saturated carbocycles. The van der Waals surface area contributed by atoms with Gasteiger partial charge in [0.25, 0.3) is 5.56 Å². The summed E-state index contributed by atoms with van der Waals surface area (Å²) in [5.41, 5.74) is 2.89. The van der Waals surface area contributed by atoms with Crippen molar-refractivity contribution in [1.82, 2.24) is 9.97 Å². The van der Waals surface area contributed by atoms with Crippen LogP contribution in [0.25, 0.3) is 22.4 Å². The van der Waals surface area contributed by atoms with Crippen molar-refractivity contribution in [2.45, 2.75) is 0 Å². The predicted molar refractivity (Wildman–Crippen MR) is 97.0 cm³/mol. The molecule has 126 valence electrons. The number of benzene rings is 1. The van der Waals surface area contributed by atoms with E-state index in [1.54, 1.807) is 24.5 Å². The fourth-order valence-corrected chi connectivity index (χ4v) is 2.60. The lowest BCUT2D eigenvalue weighted by Crippen LogP contribution is -2.18. The highest BCUT2D eigenvalue weighted by atomic mass is 16.4. The molecule has 3 rings (SSSR count). The Balaban J connectivity index is 2.23. The van der Waals surface area contributed by atoms with Gasteiger partial charge in [0.05, 0.1) is 5.69 Å². The van der Waals surface area contributed by atoms with E-state index in [0.717, 1.165) is 16.8 Å². The van der Waals surface area contributed by atoms with Crippen molar-refractivity contribution in [2.24, 2.45) is 0 Å². The van der Waals surface area contributed by atoms with Crippen LogP contribution in [0.5, 0.6) is 0 Å². The van der Waals surface area contributed by atoms with Crippen LogP contribution in [-0.2, 0) is 0 Å². The number of nitrogens with one attached hydrogen (secondary N) is 1. The Bertz CT molecular complexity index is 961. The minimum atomic E-state index is -1.26. The second-order valence-corrected chi connectivity index (χ2v) is 5.78. The third-order valence-corrected chi connectivity index (χ3v) is 3.94. The second-order valence-electron chi connectivity index (χ2n) is 5.78. The summed E-state index contributed by atoms with van der Waals surface area (Å²) in [5.74, 6) is -1.26. The van der Waals surface area contributed by atoms with Gasteiger partial charge in [0, 0.05) is 37.7 Å². The Morgan fingerprint density at radius 2 is 1.68 bits per heavy atom. The number of H-pyrrole nitrogens is 1. The van der Waals surface area contributed by atoms with Gasteiger partial charge >= 0.3 is 5.97 Å². The number of pyridine rings is 2. The number of aromatic nitrogens is 2. The third-order valence-electron chi connectivity index (χ3n) is 3.94. The minimum absolute atomic E-state index is 0.291. The van der Waals surface area contributed by atoms with Crippen LogP contribution in [0.4, 0.5) is 5.69 Å². The molecule has 1 aromatic carbocycles. The molecule has 0 aliphatic carbocycles. The number of carboxylic acid groups (broad SMARTS) is 1. The summed E-state index contributed by atoms with van der Waals surface area (Å²) in [7, 11) is 3.89. The monoisotopic (exact) mass is 335 g/mol. The maximum Gasteiger partial charge on any atom is 0.341 e. The molecule has 6 nitrogen and oxygen atoms in total. The molecular formula is C19H17N3O3. The van der Waals surface area contributed by atoms with Gasteiger partial charge in [-0.3, -0.25) is 9.78 Å². The zero-order chi connectivity index (χ0) is 18.0. The second kappa shape index (κ2) is 6.60. The van der Waals surface area contributed by atoms with Gasteiger partial charge < -0.3 is 15.0 Å². The smallest absolute Gasteiger partial charge is 0.341 e. The van der Waals surface area contributed by atoms with Crippen molar-refractivity contribution in [3.63, 3.8) is 0 Å². The molecule has 25 heavy (non-hydrogen) atoms. The molecule has 0 radical (unpaired) electrons. The number of hydrogen-bond acceptors (Lipinski definition) is 4. The lowest BCUT2D eigenvalue weighted by molar-refractivity contribution is 0.0695. The number of anilines is 1. The SMILES string of the molecule is CN(C)c1ccc(-c2[nH]c(=O)c(C(=O)O)cc2-c2ccncc2)cc1. The Labute approximate surface area is 144 Å². The molecule has 0 unspecified atom stereocenters. The van der Waals surface area contributed by atoms with E-state index < -0.39 is 11.5 Å². The summed E-state index contributed by atoms with van der Waals surface area (Å²) in [6, 6.07) is 12.6. The van der Waals surface area contributed by atoms with Crippen molar-refractivity contribution in [3.05, 3.63) is 70.8 Å². The van der Waals surface area contributed by atoms with Gasteiger partial charge in [-0.2, -0.15) is 0 Å². The molecule has 0 amide bonds. The van der Waals surface area contributed by atoms with E-state index in [-0.39, 0.29) is 5.56 Å². The lowest BCUT2D eigenvalue weighted by Gasteiger charge is -2.14. The molecule has 0 atom stereocenters. The van der Waals surface area contributed by atoms with E-state index >= 15 is 0 Å². The van der Waals surface area contributed by atoms with Crippen LogP contribution in [0.15, 0.2) is 59.7 Å². The molecule has 2 heterocycles. The molecule has 2 aromatic heterocycles. The van der Waals surface area contributed by atoms with Crippen LogP contribution in [0.3, 0.4) is 0 Å². The topological polar surface area (TPSA) is 86.3 Å². The molecule has 0 spiro atoms. The number of rotatable bonds is 4. The van der Waals surface area contributed by atoms with Gasteiger partial charge in [-0.1, -0.05) is 12.1 Å². The number of carbonyl (C=O) groups is 1. The third kappa shape index (κ3) is 3.28. The first-order valence-electron chi connectivity index (χ1n) is 7.66. The molecule has 0 bridgehead atoms. The predicted octanol–water partition coefficient (Wildman–Crippen LogP) is 2.87. The Morgan fingerprint density at radius 1 is 1.04 bits per heavy atom. The summed E-state index contributed by atoms with van der Waals surface area (Å²) in [6.45, 7) is 0. The standard InChI is InChI=1S/C19H17N3O3/c1-22(2)14-5-3-13(4-6-14)17-15(12-7-9-20-10-8-12)11-16(19(24)25)18(23)21-17/h3-11H,1-2H3,(H,21,23)(H,24,25). The number of hydrogen-bond donors (Lipinski definition) is 2. The summed E-state index contributed by atoms with van der Waals surface area (Å²) in [6.07, 6.45) is 3.25. The summed E-state index contributed by atoms with van der Waals surface area (Å²) < 4.78 is 0. The molecule has 0 fully saturated rings. The highest BCUT2D eigenvalue weighted by Crippen LogP contribution is 2.30. The lowest BCUT2D eigenvalue weighted by atomic mass is 9.98. The van der Waals surface area contributed by atoms with E-state index in [9.17, 15) is 14.7 Å². The van der Waals surface area contributed by atoms with Gasteiger partial charge in [-0.15, -0.1) is 0 Å².